The summed E-state index contributed by atoms with van der Waals surface area (Å²) >= 11 is 0. The molecule has 1 aromatic rings. The molecule has 0 saturated heterocycles. The Bertz CT molecular complexity index is 224. The predicted octanol–water partition coefficient (Wildman–Crippen LogP) is 0.0277. The Hall–Kier alpha value is -1.39. The molecule has 4 heteroatoms. The Labute approximate surface area is 64.5 Å². The van der Waals surface area contributed by atoms with E-state index in [1.807, 2.05) is 18.2 Å². The lowest BCUT2D eigenvalue weighted by Gasteiger charge is -2.13. The van der Waals surface area contributed by atoms with Crippen LogP contribution in [0.3, 0.4) is 0 Å². The van der Waals surface area contributed by atoms with Crippen LogP contribution < -0.4 is 16.4 Å². The van der Waals surface area contributed by atoms with E-state index in [0.717, 1.165) is 0 Å². The van der Waals surface area contributed by atoms with Gasteiger partial charge in [-0.2, -0.15) is 5.53 Å². The highest BCUT2D eigenvalue weighted by Gasteiger charge is 1.98. The minimum absolute atomic E-state index is 0.606. The molecule has 58 valence electrons. The summed E-state index contributed by atoms with van der Waals surface area (Å²) in [7, 11) is 0. The second-order valence-electron chi connectivity index (χ2n) is 1.94. The van der Waals surface area contributed by atoms with Gasteiger partial charge in [-0.05, 0) is 12.1 Å². The lowest BCUT2D eigenvalue weighted by Crippen LogP contribution is -2.41. The molecule has 1 aromatic carbocycles. The summed E-state index contributed by atoms with van der Waals surface area (Å²) in [5, 5.41) is 1.18. The molecule has 0 aliphatic carbocycles. The third-order valence-corrected chi connectivity index (χ3v) is 1.28. The van der Waals surface area contributed by atoms with Gasteiger partial charge in [0.1, 0.15) is 0 Å². The van der Waals surface area contributed by atoms with Crippen molar-refractivity contribution in [3.05, 3.63) is 30.3 Å². The van der Waals surface area contributed by atoms with Gasteiger partial charge >= 0.3 is 0 Å². The number of hydrogen-bond donors (Lipinski definition) is 2. The minimum atomic E-state index is 0.606. The molecule has 0 saturated carbocycles. The van der Waals surface area contributed by atoms with Crippen LogP contribution in [-0.4, -0.2) is 6.41 Å². The van der Waals surface area contributed by atoms with Gasteiger partial charge in [0.15, 0.2) is 0 Å². The number of nitrogens with two attached hydrogens (primary N) is 1. The maximum atomic E-state index is 10.3. The zero-order chi connectivity index (χ0) is 8.10. The van der Waals surface area contributed by atoms with E-state index in [-0.39, 0.29) is 0 Å². The van der Waals surface area contributed by atoms with Gasteiger partial charge in [0.2, 0.25) is 6.41 Å². The number of rotatable bonds is 3. The molecular formula is C7H9N3O. The summed E-state index contributed by atoms with van der Waals surface area (Å²) in [6.07, 6.45) is 0.606. The van der Waals surface area contributed by atoms with E-state index in [1.54, 1.807) is 12.1 Å². The Balaban J connectivity index is 2.82. The largest absolute Gasteiger partial charge is 0.277 e. The summed E-state index contributed by atoms with van der Waals surface area (Å²) in [5.41, 5.74) is 2.95. The van der Waals surface area contributed by atoms with Crippen molar-refractivity contribution in [2.45, 2.75) is 0 Å². The highest BCUT2D eigenvalue weighted by atomic mass is 16.1. The molecule has 0 fully saturated rings. The summed E-state index contributed by atoms with van der Waals surface area (Å²) in [5.74, 6) is 5.06. The molecule has 0 aromatic heterocycles. The molecule has 11 heavy (non-hydrogen) atoms. The smallest absolute Gasteiger partial charge is 0.229 e. The van der Waals surface area contributed by atoms with E-state index in [2.05, 4.69) is 5.53 Å². The number of carbonyl (C=O) groups excluding carboxylic acids is 1. The number of carbonyl (C=O) groups is 1. The average molecular weight is 151 g/mol. The van der Waals surface area contributed by atoms with Gasteiger partial charge in [-0.25, -0.2) is 5.01 Å². The quantitative estimate of drug-likeness (QED) is 0.364. The highest BCUT2D eigenvalue weighted by Crippen LogP contribution is 2.07. The number of anilines is 1. The topological polar surface area (TPSA) is 58.4 Å². The third kappa shape index (κ3) is 1.76. The van der Waals surface area contributed by atoms with E-state index in [4.69, 9.17) is 5.84 Å². The molecule has 0 radical (unpaired) electrons. The molecule has 1 amide bonds. The Morgan fingerprint density at radius 2 is 2.00 bits per heavy atom. The molecule has 0 atom stereocenters. The first-order valence-electron chi connectivity index (χ1n) is 3.14. The molecular weight excluding hydrogens is 142 g/mol. The first-order valence-corrected chi connectivity index (χ1v) is 3.14. The van der Waals surface area contributed by atoms with Crippen molar-refractivity contribution in [2.24, 2.45) is 5.84 Å². The number of hydrogen-bond acceptors (Lipinski definition) is 3. The van der Waals surface area contributed by atoms with Crippen molar-refractivity contribution in [3.8, 4) is 0 Å². The minimum Gasteiger partial charge on any atom is -0.277 e. The van der Waals surface area contributed by atoms with Gasteiger partial charge in [0.05, 0.1) is 5.69 Å². The molecule has 4 nitrogen and oxygen atoms in total. The SMILES string of the molecule is NNN(C=O)c1ccccc1. The predicted molar refractivity (Wildman–Crippen MR) is 42.3 cm³/mol. The van der Waals surface area contributed by atoms with Crippen LogP contribution in [0.2, 0.25) is 0 Å². The normalized spacial score (nSPS) is 9.18. The fourth-order valence-electron chi connectivity index (χ4n) is 0.754. The van der Waals surface area contributed by atoms with Crippen LogP contribution in [0.1, 0.15) is 0 Å². The zero-order valence-electron chi connectivity index (χ0n) is 5.90. The van der Waals surface area contributed by atoms with Crippen LogP contribution in [0.25, 0.3) is 0 Å². The van der Waals surface area contributed by atoms with Gasteiger partial charge < -0.3 is 0 Å². The molecule has 3 N–H and O–H groups in total. The van der Waals surface area contributed by atoms with Crippen LogP contribution in [0, 0.1) is 0 Å². The maximum absolute atomic E-state index is 10.3. The summed E-state index contributed by atoms with van der Waals surface area (Å²) in [4.78, 5) is 10.3. The van der Waals surface area contributed by atoms with E-state index in [9.17, 15) is 4.79 Å². The number of hydrazine groups is 2. The first kappa shape index (κ1) is 7.71. The Kier molecular flexibility index (Phi) is 2.59. The number of amides is 1. The van der Waals surface area contributed by atoms with E-state index in [0.29, 0.717) is 12.1 Å². The molecule has 1 rings (SSSR count). The van der Waals surface area contributed by atoms with Gasteiger partial charge in [-0.15, -0.1) is 0 Å². The molecule has 0 spiro atoms. The van der Waals surface area contributed by atoms with Crippen LogP contribution in [0.15, 0.2) is 30.3 Å². The summed E-state index contributed by atoms with van der Waals surface area (Å²) in [6.45, 7) is 0. The fraction of sp³-hybridized carbons (Fsp3) is 0. The van der Waals surface area contributed by atoms with Crippen LogP contribution >= 0.6 is 0 Å². The van der Waals surface area contributed by atoms with Crippen molar-refractivity contribution in [1.82, 2.24) is 5.53 Å². The summed E-state index contributed by atoms with van der Waals surface area (Å²) < 4.78 is 0. The third-order valence-electron chi connectivity index (χ3n) is 1.28. The van der Waals surface area contributed by atoms with Gasteiger partial charge in [0, 0.05) is 0 Å². The lowest BCUT2D eigenvalue weighted by molar-refractivity contribution is -0.108. The second-order valence-corrected chi connectivity index (χ2v) is 1.94. The van der Waals surface area contributed by atoms with E-state index < -0.39 is 0 Å². The zero-order valence-corrected chi connectivity index (χ0v) is 5.90. The first-order chi connectivity index (χ1) is 5.38. The Morgan fingerprint density at radius 3 is 2.45 bits per heavy atom. The van der Waals surface area contributed by atoms with E-state index in [1.165, 1.54) is 5.01 Å². The monoisotopic (exact) mass is 151 g/mol. The van der Waals surface area contributed by atoms with Crippen LogP contribution in [0.4, 0.5) is 5.69 Å². The lowest BCUT2D eigenvalue weighted by atomic mass is 10.3. The number of benzene rings is 1. The van der Waals surface area contributed by atoms with Crippen molar-refractivity contribution >= 4 is 12.1 Å². The molecule has 0 heterocycles. The second kappa shape index (κ2) is 3.70. The number of nitrogens with one attached hydrogen (secondary N) is 1. The number of nitrogens with zero attached hydrogens (tertiary/aromatic N) is 1. The van der Waals surface area contributed by atoms with Gasteiger partial charge in [0.25, 0.3) is 0 Å². The summed E-state index contributed by atoms with van der Waals surface area (Å²) in [6, 6.07) is 9.05. The fourth-order valence-corrected chi connectivity index (χ4v) is 0.754. The standard InChI is InChI=1S/C7H9N3O/c8-9-10(6-11)7-4-2-1-3-5-7/h1-6,9H,8H2. The van der Waals surface area contributed by atoms with Crippen molar-refractivity contribution in [1.29, 1.82) is 0 Å². The molecule has 0 aliphatic rings. The maximum Gasteiger partial charge on any atom is 0.229 e. The van der Waals surface area contributed by atoms with Crippen LogP contribution in [-0.2, 0) is 4.79 Å². The average Bonchev–Trinajstić information content (AvgIpc) is 2.09. The van der Waals surface area contributed by atoms with Gasteiger partial charge in [-0.3, -0.25) is 10.6 Å². The van der Waals surface area contributed by atoms with Crippen molar-refractivity contribution in [2.75, 3.05) is 5.01 Å². The molecule has 0 unspecified atom stereocenters. The van der Waals surface area contributed by atoms with Gasteiger partial charge in [-0.1, -0.05) is 18.2 Å². The van der Waals surface area contributed by atoms with Crippen molar-refractivity contribution in [3.63, 3.8) is 0 Å². The molecule has 0 bridgehead atoms. The number of para-hydroxylation sites is 1. The van der Waals surface area contributed by atoms with E-state index >= 15 is 0 Å². The van der Waals surface area contributed by atoms with Crippen molar-refractivity contribution < 1.29 is 4.79 Å². The Morgan fingerprint density at radius 1 is 1.36 bits per heavy atom. The molecule has 0 aliphatic heterocycles. The highest BCUT2D eigenvalue weighted by molar-refractivity contribution is 5.73. The van der Waals surface area contributed by atoms with Crippen LogP contribution in [0.5, 0.6) is 0 Å².